The van der Waals surface area contributed by atoms with E-state index in [0.29, 0.717) is 11.6 Å². The van der Waals surface area contributed by atoms with Crippen LogP contribution in [-0.2, 0) is 5.41 Å². The summed E-state index contributed by atoms with van der Waals surface area (Å²) >= 11 is 0. The van der Waals surface area contributed by atoms with Crippen LogP contribution in [0.5, 0.6) is 0 Å². The summed E-state index contributed by atoms with van der Waals surface area (Å²) in [5.74, 6) is 1.31. The molecule has 0 bridgehead atoms. The lowest BCUT2D eigenvalue weighted by Crippen LogP contribution is -2.29. The normalized spacial score (nSPS) is 12.7. The number of aromatic nitrogens is 4. The minimum atomic E-state index is -0.596. The maximum Gasteiger partial charge on any atom is 0.160 e. The molecule has 49 heavy (non-hydrogen) atoms. The van der Waals surface area contributed by atoms with E-state index in [1.807, 2.05) is 48.7 Å². The molecular weight excluding hydrogens is 597 g/mol. The zero-order valence-electron chi connectivity index (χ0n) is 26.6. The molecule has 1 aliphatic carbocycles. The van der Waals surface area contributed by atoms with Gasteiger partial charge in [0.25, 0.3) is 0 Å². The summed E-state index contributed by atoms with van der Waals surface area (Å²) < 4.78 is 0. The quantitative estimate of drug-likeness (QED) is 0.184. The van der Waals surface area contributed by atoms with Crippen LogP contribution in [0, 0.1) is 0 Å². The van der Waals surface area contributed by atoms with Gasteiger partial charge in [0.15, 0.2) is 11.6 Å². The third kappa shape index (κ3) is 4.85. The first kappa shape index (κ1) is 28.7. The van der Waals surface area contributed by atoms with E-state index in [-0.39, 0.29) is 0 Å². The van der Waals surface area contributed by atoms with Crippen molar-refractivity contribution in [3.63, 3.8) is 0 Å². The Morgan fingerprint density at radius 3 is 1.45 bits per heavy atom. The third-order valence-corrected chi connectivity index (χ3v) is 9.42. The van der Waals surface area contributed by atoms with E-state index in [4.69, 9.17) is 19.9 Å². The van der Waals surface area contributed by atoms with Crippen LogP contribution in [-0.4, -0.2) is 19.9 Å². The van der Waals surface area contributed by atoms with Gasteiger partial charge in [0.1, 0.15) is 0 Å². The van der Waals surface area contributed by atoms with Gasteiger partial charge < -0.3 is 0 Å². The fourth-order valence-corrected chi connectivity index (χ4v) is 7.19. The Bertz CT molecular complexity index is 2330. The highest BCUT2D eigenvalue weighted by Crippen LogP contribution is 2.55. The van der Waals surface area contributed by atoms with Gasteiger partial charge in [-0.05, 0) is 34.4 Å². The fraction of sp³-hybridized carbons (Fsp3) is 0.0222. The van der Waals surface area contributed by atoms with Crippen LogP contribution >= 0.6 is 0 Å². The van der Waals surface area contributed by atoms with Crippen molar-refractivity contribution in [3.8, 4) is 56.4 Å². The summed E-state index contributed by atoms with van der Waals surface area (Å²) in [5.41, 5.74) is 11.8. The van der Waals surface area contributed by atoms with Crippen molar-refractivity contribution in [3.05, 3.63) is 205 Å². The second kappa shape index (κ2) is 11.9. The Hall–Kier alpha value is -6.52. The molecular formula is C45H30N4. The summed E-state index contributed by atoms with van der Waals surface area (Å²) in [6.07, 6.45) is 2.00. The zero-order valence-corrected chi connectivity index (χ0v) is 26.6. The van der Waals surface area contributed by atoms with Gasteiger partial charge in [0.2, 0.25) is 0 Å². The first-order chi connectivity index (χ1) is 24.3. The molecule has 0 unspecified atom stereocenters. The molecule has 0 radical (unpaired) electrons. The first-order valence-corrected chi connectivity index (χ1v) is 16.5. The number of nitrogens with zero attached hydrogens (tertiary/aromatic N) is 4. The molecule has 6 aromatic carbocycles. The van der Waals surface area contributed by atoms with Crippen LogP contribution in [0.4, 0.5) is 0 Å². The van der Waals surface area contributed by atoms with Crippen LogP contribution in [0.1, 0.15) is 22.4 Å². The summed E-state index contributed by atoms with van der Waals surface area (Å²) in [7, 11) is 0. The molecule has 9 rings (SSSR count). The SMILES string of the molecule is c1ccc(-c2cc(-c3ccccc3)nc(-c3cccc(-c4ncc5c(n4)C(c4ccccc4)(c4ccccc4)c4ccccc4-5)c3)n2)cc1. The smallest absolute Gasteiger partial charge is 0.160 e. The van der Waals surface area contributed by atoms with Crippen LogP contribution in [0.3, 0.4) is 0 Å². The summed E-state index contributed by atoms with van der Waals surface area (Å²) in [4.78, 5) is 20.6. The van der Waals surface area contributed by atoms with Crippen molar-refractivity contribution in [1.82, 2.24) is 19.9 Å². The summed E-state index contributed by atoms with van der Waals surface area (Å²) in [6.45, 7) is 0. The van der Waals surface area contributed by atoms with Crippen molar-refractivity contribution >= 4 is 0 Å². The molecule has 0 fully saturated rings. The minimum Gasteiger partial charge on any atom is -0.236 e. The van der Waals surface area contributed by atoms with E-state index in [1.54, 1.807) is 0 Å². The minimum absolute atomic E-state index is 0.596. The van der Waals surface area contributed by atoms with Crippen LogP contribution in [0.15, 0.2) is 182 Å². The van der Waals surface area contributed by atoms with Gasteiger partial charge in [-0.3, -0.25) is 0 Å². The highest BCUT2D eigenvalue weighted by molar-refractivity contribution is 5.85. The second-order valence-electron chi connectivity index (χ2n) is 12.3. The van der Waals surface area contributed by atoms with Gasteiger partial charge >= 0.3 is 0 Å². The summed E-state index contributed by atoms with van der Waals surface area (Å²) in [5, 5.41) is 0. The van der Waals surface area contributed by atoms with Crippen molar-refractivity contribution in [1.29, 1.82) is 0 Å². The van der Waals surface area contributed by atoms with Gasteiger partial charge in [-0.1, -0.05) is 164 Å². The lowest BCUT2D eigenvalue weighted by Gasteiger charge is -2.32. The third-order valence-electron chi connectivity index (χ3n) is 9.42. The van der Waals surface area contributed by atoms with Crippen molar-refractivity contribution in [2.45, 2.75) is 5.41 Å². The van der Waals surface area contributed by atoms with E-state index in [0.717, 1.165) is 50.5 Å². The molecule has 2 heterocycles. The van der Waals surface area contributed by atoms with E-state index in [2.05, 4.69) is 133 Å². The molecule has 0 saturated carbocycles. The average Bonchev–Trinajstić information content (AvgIpc) is 3.49. The number of hydrogen-bond donors (Lipinski definition) is 0. The molecule has 0 spiro atoms. The Kier molecular flexibility index (Phi) is 6.98. The van der Waals surface area contributed by atoms with Gasteiger partial charge in [0.05, 0.1) is 22.5 Å². The number of hydrogen-bond acceptors (Lipinski definition) is 4. The molecule has 0 amide bonds. The topological polar surface area (TPSA) is 51.6 Å². The molecule has 230 valence electrons. The maximum atomic E-state index is 5.46. The van der Waals surface area contributed by atoms with Crippen molar-refractivity contribution in [2.75, 3.05) is 0 Å². The molecule has 4 heteroatoms. The van der Waals surface area contributed by atoms with E-state index in [9.17, 15) is 0 Å². The highest BCUT2D eigenvalue weighted by atomic mass is 14.9. The molecule has 1 aliphatic rings. The Morgan fingerprint density at radius 1 is 0.367 bits per heavy atom. The van der Waals surface area contributed by atoms with Crippen LogP contribution < -0.4 is 0 Å². The lowest BCUT2D eigenvalue weighted by molar-refractivity contribution is 0.736. The average molecular weight is 627 g/mol. The van der Waals surface area contributed by atoms with Crippen molar-refractivity contribution in [2.24, 2.45) is 0 Å². The Labute approximate surface area is 285 Å². The van der Waals surface area contributed by atoms with E-state index >= 15 is 0 Å². The van der Waals surface area contributed by atoms with Gasteiger partial charge in [-0.2, -0.15) is 0 Å². The lowest BCUT2D eigenvalue weighted by atomic mass is 9.69. The molecule has 0 atom stereocenters. The number of benzene rings is 6. The van der Waals surface area contributed by atoms with Gasteiger partial charge in [-0.15, -0.1) is 0 Å². The standard InChI is InChI=1S/C45H30N4/c1-5-16-31(17-6-1)40-29-41(32-18-7-2-8-19-32)48-44(47-40)34-21-15-20-33(28-34)43-46-30-38-37-26-13-14-27-39(37)45(42(38)49-43,35-22-9-3-10-23-35)36-24-11-4-12-25-36/h1-30H. The van der Waals surface area contributed by atoms with Gasteiger partial charge in [0, 0.05) is 34.0 Å². The Morgan fingerprint density at radius 2 is 0.857 bits per heavy atom. The van der Waals surface area contributed by atoms with Crippen molar-refractivity contribution < 1.29 is 0 Å². The molecule has 0 saturated heterocycles. The fourth-order valence-electron chi connectivity index (χ4n) is 7.19. The molecule has 2 aromatic heterocycles. The number of fused-ring (bicyclic) bond motifs is 3. The predicted molar refractivity (Wildman–Crippen MR) is 197 cm³/mol. The van der Waals surface area contributed by atoms with Gasteiger partial charge in [-0.25, -0.2) is 19.9 Å². The molecule has 0 aliphatic heterocycles. The first-order valence-electron chi connectivity index (χ1n) is 16.5. The molecule has 0 N–H and O–H groups in total. The Balaban J connectivity index is 1.22. The predicted octanol–water partition coefficient (Wildman–Crippen LogP) is 10.3. The van der Waals surface area contributed by atoms with Crippen LogP contribution in [0.2, 0.25) is 0 Å². The van der Waals surface area contributed by atoms with E-state index < -0.39 is 5.41 Å². The molecule has 8 aromatic rings. The van der Waals surface area contributed by atoms with E-state index in [1.165, 1.54) is 16.7 Å². The zero-order chi connectivity index (χ0) is 32.6. The monoisotopic (exact) mass is 626 g/mol. The highest BCUT2D eigenvalue weighted by Gasteiger charge is 2.47. The largest absolute Gasteiger partial charge is 0.236 e. The second-order valence-corrected chi connectivity index (χ2v) is 12.3. The maximum absolute atomic E-state index is 5.46. The molecule has 4 nitrogen and oxygen atoms in total. The van der Waals surface area contributed by atoms with Crippen LogP contribution in [0.25, 0.3) is 56.4 Å². The number of rotatable bonds is 6. The summed E-state index contributed by atoms with van der Waals surface area (Å²) in [6, 6.07) is 60.9.